The standard InChI is InChI=1S/C24H31N5O4/c1-16-11-19(13-22(31-4)17(16)2)20-14-23(33-26-20)18-5-6-21(30-3)24(12-18)32-15-28-7-9-29(27-25)10-8-28/h5-6,11-13,23,25H,7-10,14-15H2,1-4H3. The second kappa shape index (κ2) is 10.1. The lowest BCUT2D eigenvalue weighted by Gasteiger charge is -2.31. The number of oxime groups is 1. The van der Waals surface area contributed by atoms with Gasteiger partial charge in [-0.3, -0.25) is 9.91 Å². The van der Waals surface area contributed by atoms with Gasteiger partial charge in [0.2, 0.25) is 0 Å². The highest BCUT2D eigenvalue weighted by atomic mass is 16.6. The van der Waals surface area contributed by atoms with Crippen molar-refractivity contribution in [1.82, 2.24) is 9.91 Å². The molecule has 2 aliphatic rings. The molecule has 1 fully saturated rings. The van der Waals surface area contributed by atoms with Gasteiger partial charge in [0.15, 0.2) is 17.6 Å². The molecule has 2 aromatic carbocycles. The van der Waals surface area contributed by atoms with E-state index in [0.717, 1.165) is 59.9 Å². The summed E-state index contributed by atoms with van der Waals surface area (Å²) in [7, 11) is 3.32. The van der Waals surface area contributed by atoms with Crippen LogP contribution in [-0.4, -0.2) is 62.7 Å². The zero-order chi connectivity index (χ0) is 23.4. The van der Waals surface area contributed by atoms with Crippen LogP contribution in [0.2, 0.25) is 0 Å². The molecule has 33 heavy (non-hydrogen) atoms. The fourth-order valence-corrected chi connectivity index (χ4v) is 4.07. The lowest BCUT2D eigenvalue weighted by atomic mass is 9.97. The van der Waals surface area contributed by atoms with E-state index in [1.54, 1.807) is 19.2 Å². The minimum atomic E-state index is -0.192. The number of hydrogen-bond acceptors (Lipinski definition) is 8. The number of rotatable bonds is 8. The molecule has 1 unspecified atom stereocenters. The highest BCUT2D eigenvalue weighted by Crippen LogP contribution is 2.36. The molecule has 2 aromatic rings. The molecule has 176 valence electrons. The SMILES string of the molecule is COc1ccc(C2CC(c3cc(C)c(C)c(OC)c3)=NO2)cc1OCN1CCN(N=N)CC1. The Balaban J connectivity index is 1.44. The highest BCUT2D eigenvalue weighted by molar-refractivity contribution is 6.02. The zero-order valence-electron chi connectivity index (χ0n) is 19.6. The molecule has 2 heterocycles. The predicted molar refractivity (Wildman–Crippen MR) is 124 cm³/mol. The van der Waals surface area contributed by atoms with E-state index < -0.39 is 0 Å². The van der Waals surface area contributed by atoms with Crippen LogP contribution in [0, 0.1) is 19.4 Å². The first-order chi connectivity index (χ1) is 16.0. The lowest BCUT2D eigenvalue weighted by molar-refractivity contribution is 0.0608. The Hall–Kier alpha value is -3.33. The van der Waals surface area contributed by atoms with Crippen LogP contribution < -0.4 is 14.2 Å². The van der Waals surface area contributed by atoms with Crippen molar-refractivity contribution in [3.8, 4) is 17.2 Å². The molecule has 0 bridgehead atoms. The molecule has 1 atom stereocenters. The van der Waals surface area contributed by atoms with Crippen LogP contribution in [-0.2, 0) is 4.84 Å². The van der Waals surface area contributed by atoms with Gasteiger partial charge >= 0.3 is 0 Å². The number of aryl methyl sites for hydroxylation is 1. The van der Waals surface area contributed by atoms with Crippen molar-refractivity contribution in [1.29, 1.82) is 5.53 Å². The molecule has 0 aliphatic carbocycles. The lowest BCUT2D eigenvalue weighted by Crippen LogP contribution is -2.45. The fourth-order valence-electron chi connectivity index (χ4n) is 4.07. The molecule has 2 aliphatic heterocycles. The molecular formula is C24H31N5O4. The Morgan fingerprint density at radius 1 is 1.03 bits per heavy atom. The molecule has 9 nitrogen and oxygen atoms in total. The number of ether oxygens (including phenoxy) is 3. The smallest absolute Gasteiger partial charge is 0.163 e. The summed E-state index contributed by atoms with van der Waals surface area (Å²) in [6.45, 7) is 7.62. The Labute approximate surface area is 194 Å². The first kappa shape index (κ1) is 22.8. The number of benzene rings is 2. The third kappa shape index (κ3) is 5.03. The second-order valence-electron chi connectivity index (χ2n) is 8.31. The number of nitrogens with zero attached hydrogens (tertiary/aromatic N) is 4. The van der Waals surface area contributed by atoms with Gasteiger partial charge in [0, 0.05) is 25.1 Å². The number of methoxy groups -OCH3 is 2. The summed E-state index contributed by atoms with van der Waals surface area (Å²) in [5, 5.41) is 9.61. The van der Waals surface area contributed by atoms with Crippen molar-refractivity contribution >= 4 is 5.71 Å². The van der Waals surface area contributed by atoms with Crippen LogP contribution >= 0.6 is 0 Å². The maximum absolute atomic E-state index is 7.12. The zero-order valence-corrected chi connectivity index (χ0v) is 19.6. The number of piperazine rings is 1. The van der Waals surface area contributed by atoms with Gasteiger partial charge in [-0.15, -0.1) is 0 Å². The van der Waals surface area contributed by atoms with E-state index in [2.05, 4.69) is 35.2 Å². The average molecular weight is 454 g/mol. The maximum atomic E-state index is 7.12. The van der Waals surface area contributed by atoms with E-state index in [1.165, 1.54) is 0 Å². The maximum Gasteiger partial charge on any atom is 0.163 e. The molecule has 1 saturated heterocycles. The molecule has 0 radical (unpaired) electrons. The van der Waals surface area contributed by atoms with E-state index in [0.29, 0.717) is 24.7 Å². The van der Waals surface area contributed by atoms with Crippen molar-refractivity contribution in [3.05, 3.63) is 52.6 Å². The quantitative estimate of drug-likeness (QED) is 0.606. The largest absolute Gasteiger partial charge is 0.496 e. The third-order valence-electron chi connectivity index (χ3n) is 6.29. The van der Waals surface area contributed by atoms with Gasteiger partial charge in [0.05, 0.1) is 33.0 Å². The summed E-state index contributed by atoms with van der Waals surface area (Å²) in [6, 6.07) is 10.0. The highest BCUT2D eigenvalue weighted by Gasteiger charge is 2.26. The van der Waals surface area contributed by atoms with Crippen molar-refractivity contribution < 1.29 is 19.0 Å². The summed E-state index contributed by atoms with van der Waals surface area (Å²) in [5.41, 5.74) is 12.3. The molecule has 0 spiro atoms. The average Bonchev–Trinajstić information content (AvgIpc) is 3.35. The van der Waals surface area contributed by atoms with Gasteiger partial charge in [-0.2, -0.15) is 5.53 Å². The Kier molecular flexibility index (Phi) is 6.98. The van der Waals surface area contributed by atoms with Gasteiger partial charge in [0.25, 0.3) is 0 Å². The molecular weight excluding hydrogens is 422 g/mol. The molecule has 0 amide bonds. The summed E-state index contributed by atoms with van der Waals surface area (Å²) < 4.78 is 17.1. The summed E-state index contributed by atoms with van der Waals surface area (Å²) in [5.74, 6) is 2.21. The van der Waals surface area contributed by atoms with E-state index in [1.807, 2.05) is 24.3 Å². The predicted octanol–water partition coefficient (Wildman–Crippen LogP) is 4.09. The van der Waals surface area contributed by atoms with Gasteiger partial charge in [-0.05, 0) is 54.8 Å². The Morgan fingerprint density at radius 3 is 2.48 bits per heavy atom. The molecule has 0 aromatic heterocycles. The first-order valence-electron chi connectivity index (χ1n) is 11.1. The van der Waals surface area contributed by atoms with Gasteiger partial charge in [-0.1, -0.05) is 16.4 Å². The van der Waals surface area contributed by atoms with Crippen LogP contribution in [0.3, 0.4) is 0 Å². The minimum absolute atomic E-state index is 0.192. The molecule has 4 rings (SSSR count). The Bertz CT molecular complexity index is 1030. The van der Waals surface area contributed by atoms with Crippen LogP contribution in [0.15, 0.2) is 40.7 Å². The normalized spacial score (nSPS) is 18.5. The first-order valence-corrected chi connectivity index (χ1v) is 11.1. The molecule has 1 N–H and O–H groups in total. The second-order valence-corrected chi connectivity index (χ2v) is 8.31. The fraction of sp³-hybridized carbons (Fsp3) is 0.458. The minimum Gasteiger partial charge on any atom is -0.496 e. The summed E-state index contributed by atoms with van der Waals surface area (Å²) >= 11 is 0. The van der Waals surface area contributed by atoms with Crippen molar-refractivity contribution in [2.24, 2.45) is 10.4 Å². The van der Waals surface area contributed by atoms with E-state index >= 15 is 0 Å². The monoisotopic (exact) mass is 453 g/mol. The topological polar surface area (TPSA) is 92.0 Å². The van der Waals surface area contributed by atoms with Crippen LogP contribution in [0.25, 0.3) is 0 Å². The molecule has 0 saturated carbocycles. The van der Waals surface area contributed by atoms with Crippen LogP contribution in [0.5, 0.6) is 17.2 Å². The van der Waals surface area contributed by atoms with Crippen molar-refractivity contribution in [2.75, 3.05) is 47.1 Å². The van der Waals surface area contributed by atoms with Crippen LogP contribution in [0.4, 0.5) is 0 Å². The number of nitrogens with one attached hydrogen (secondary N) is 1. The van der Waals surface area contributed by atoms with E-state index in [4.69, 9.17) is 24.6 Å². The molecule has 9 heteroatoms. The summed E-state index contributed by atoms with van der Waals surface area (Å²) in [6.07, 6.45) is 0.471. The van der Waals surface area contributed by atoms with Gasteiger partial charge in [-0.25, -0.2) is 0 Å². The van der Waals surface area contributed by atoms with E-state index in [-0.39, 0.29) is 6.10 Å². The van der Waals surface area contributed by atoms with E-state index in [9.17, 15) is 0 Å². The van der Waals surface area contributed by atoms with Gasteiger partial charge in [0.1, 0.15) is 12.5 Å². The van der Waals surface area contributed by atoms with Gasteiger partial charge < -0.3 is 19.0 Å². The Morgan fingerprint density at radius 2 is 1.79 bits per heavy atom. The number of hydrogen-bond donors (Lipinski definition) is 1. The third-order valence-corrected chi connectivity index (χ3v) is 6.29. The van der Waals surface area contributed by atoms with Crippen molar-refractivity contribution in [2.45, 2.75) is 26.4 Å². The summed E-state index contributed by atoms with van der Waals surface area (Å²) in [4.78, 5) is 7.99. The van der Waals surface area contributed by atoms with Crippen LogP contribution in [0.1, 0.15) is 34.8 Å². The van der Waals surface area contributed by atoms with Crippen molar-refractivity contribution in [3.63, 3.8) is 0 Å².